The molecule has 1 saturated heterocycles. The molecule has 0 bridgehead atoms. The largest absolute Gasteiger partial charge is 0.497 e. The molecule has 6 rings (SSSR count). The molecule has 0 radical (unpaired) electrons. The number of nitrogens with zero attached hydrogens (tertiary/aromatic N) is 2. The first-order valence-corrected chi connectivity index (χ1v) is 22.4. The molecule has 1 aromatic heterocycles. The number of amides is 4. The molecule has 2 aromatic rings. The van der Waals surface area contributed by atoms with Crippen molar-refractivity contribution in [2.24, 2.45) is 17.8 Å². The number of benzene rings is 1. The Bertz CT molecular complexity index is 2170. The normalized spacial score (nSPS) is 28.6. The molecule has 3 fully saturated rings. The molecule has 2 saturated carbocycles. The van der Waals surface area contributed by atoms with Crippen LogP contribution in [-0.2, 0) is 29.1 Å². The first-order chi connectivity index (χ1) is 28.4. The van der Waals surface area contributed by atoms with Crippen molar-refractivity contribution in [3.8, 4) is 17.5 Å². The average Bonchev–Trinajstić information content (AvgIpc) is 4.04. The zero-order valence-electron chi connectivity index (χ0n) is 36.3. The van der Waals surface area contributed by atoms with Crippen LogP contribution in [0.2, 0.25) is 0 Å². The van der Waals surface area contributed by atoms with Crippen molar-refractivity contribution >= 4 is 44.6 Å². The number of ether oxygens (including phenoxy) is 4. The number of alkyl carbamates (subject to hydrolysis) is 1. The number of aromatic nitrogens is 1. The number of carbonyl (C=O) groups excluding carboxylic acids is 4. The van der Waals surface area contributed by atoms with Gasteiger partial charge in [0.25, 0.3) is 11.8 Å². The lowest BCUT2D eigenvalue weighted by atomic mass is 9.88. The first-order valence-electron chi connectivity index (χ1n) is 20.9. The fourth-order valence-electron chi connectivity index (χ4n) is 7.93. The summed E-state index contributed by atoms with van der Waals surface area (Å²) in [5.41, 5.74) is -3.86. The molecule has 0 spiro atoms. The van der Waals surface area contributed by atoms with E-state index in [9.17, 15) is 36.4 Å². The highest BCUT2D eigenvalue weighted by molar-refractivity contribution is 7.91. The molecule has 3 N–H and O–H groups in total. The Hall–Kier alpha value is -4.74. The summed E-state index contributed by atoms with van der Waals surface area (Å²) in [6.07, 6.45) is 3.81. The molecule has 2 aliphatic heterocycles. The predicted octanol–water partition coefficient (Wildman–Crippen LogP) is 5.79. The van der Waals surface area contributed by atoms with Crippen LogP contribution in [0.3, 0.4) is 0 Å². The first kappa shape index (κ1) is 45.8. The van der Waals surface area contributed by atoms with Crippen molar-refractivity contribution in [3.05, 3.63) is 36.4 Å². The predicted molar refractivity (Wildman–Crippen MR) is 222 cm³/mol. The molecule has 1 unspecified atom stereocenters. The van der Waals surface area contributed by atoms with E-state index in [-0.39, 0.29) is 43.2 Å². The second kappa shape index (κ2) is 16.9. The van der Waals surface area contributed by atoms with Crippen molar-refractivity contribution < 1.29 is 55.3 Å². The van der Waals surface area contributed by atoms with Crippen LogP contribution in [0.4, 0.5) is 13.6 Å². The number of carbonyl (C=O) groups is 4. The van der Waals surface area contributed by atoms with E-state index < -0.39 is 85.7 Å². The van der Waals surface area contributed by atoms with Gasteiger partial charge in [0.1, 0.15) is 29.5 Å². The van der Waals surface area contributed by atoms with Crippen LogP contribution in [0, 0.1) is 17.8 Å². The van der Waals surface area contributed by atoms with E-state index in [1.54, 1.807) is 38.1 Å². The quantitative estimate of drug-likeness (QED) is 0.232. The number of nitrogens with one attached hydrogen (secondary N) is 3. The minimum Gasteiger partial charge on any atom is -0.497 e. The van der Waals surface area contributed by atoms with Crippen molar-refractivity contribution in [2.45, 2.75) is 146 Å². The fourth-order valence-corrected chi connectivity index (χ4v) is 9.24. The highest BCUT2D eigenvalue weighted by Crippen LogP contribution is 2.48. The van der Waals surface area contributed by atoms with Gasteiger partial charge in [0.05, 0.1) is 24.5 Å². The van der Waals surface area contributed by atoms with Gasteiger partial charge in [-0.3, -0.25) is 19.1 Å². The van der Waals surface area contributed by atoms with Gasteiger partial charge >= 0.3 is 6.09 Å². The zero-order valence-corrected chi connectivity index (χ0v) is 37.1. The van der Waals surface area contributed by atoms with Gasteiger partial charge in [-0.15, -0.1) is 0 Å². The molecule has 4 aliphatic rings. The molecule has 7 atom stereocenters. The minimum absolute atomic E-state index is 0.00882. The Kier molecular flexibility index (Phi) is 12.6. The van der Waals surface area contributed by atoms with Gasteiger partial charge in [-0.05, 0) is 109 Å². The van der Waals surface area contributed by atoms with E-state index >= 15 is 0 Å². The molecule has 18 heteroatoms. The number of halogens is 2. The monoisotopic (exact) mass is 875 g/mol. The molecule has 3 heterocycles. The van der Waals surface area contributed by atoms with Crippen LogP contribution in [0.25, 0.3) is 10.8 Å². The van der Waals surface area contributed by atoms with Gasteiger partial charge in [-0.25, -0.2) is 22.0 Å². The number of alkyl halides is 2. The molecule has 336 valence electrons. The standard InChI is InChI=1S/C43H59F2N5O10S/c1-24(2)58-33-20-27-19-29(57-9)14-15-31(27)36(46-33)59-30-21-32-35(51)48-43(38(53)49-61(55,56)41(7)16-17-41)22-28(43)13-11-10-12-25(3)18-26(4)34(37(52)50(32)23-30)47-39(54)60-40(5,6)42(8,44)45/h11,13-15,19-20,24-26,28,30,32,34H,10,12,16-18,21-23H2,1-9H3,(H,47,54)(H,48,51)(H,49,53)/b13-11-/t25-,26-,28?,30-,32+,34+,43-/m1/s1. The Morgan fingerprint density at radius 3 is 2.43 bits per heavy atom. The number of hydrogen-bond donors (Lipinski definition) is 3. The van der Waals surface area contributed by atoms with E-state index in [1.807, 2.05) is 32.9 Å². The molecular weight excluding hydrogens is 817 g/mol. The van der Waals surface area contributed by atoms with Crippen molar-refractivity contribution in [3.63, 3.8) is 0 Å². The molecule has 1 aromatic carbocycles. The lowest BCUT2D eigenvalue weighted by Crippen LogP contribution is -2.59. The van der Waals surface area contributed by atoms with E-state index in [4.69, 9.17) is 18.9 Å². The summed E-state index contributed by atoms with van der Waals surface area (Å²) in [6.45, 7) is 11.5. The molecule has 4 amide bonds. The summed E-state index contributed by atoms with van der Waals surface area (Å²) in [6, 6.07) is 4.39. The van der Waals surface area contributed by atoms with Gasteiger partial charge in [-0.2, -0.15) is 4.98 Å². The lowest BCUT2D eigenvalue weighted by Gasteiger charge is -2.35. The number of sulfonamides is 1. The molecule has 61 heavy (non-hydrogen) atoms. The van der Waals surface area contributed by atoms with Gasteiger partial charge in [0, 0.05) is 30.7 Å². The Labute approximate surface area is 356 Å². The van der Waals surface area contributed by atoms with Crippen LogP contribution in [-0.4, -0.2) is 102 Å². The fraction of sp³-hybridized carbons (Fsp3) is 0.651. The third-order valence-electron chi connectivity index (χ3n) is 12.5. The lowest BCUT2D eigenvalue weighted by molar-refractivity contribution is -0.152. The van der Waals surface area contributed by atoms with Crippen LogP contribution >= 0.6 is 0 Å². The number of allylic oxidation sites excluding steroid dienone is 1. The van der Waals surface area contributed by atoms with Gasteiger partial charge in [0.15, 0.2) is 5.60 Å². The van der Waals surface area contributed by atoms with Crippen molar-refractivity contribution in [1.29, 1.82) is 0 Å². The molecule has 15 nitrogen and oxygen atoms in total. The topological polar surface area (TPSA) is 192 Å². The summed E-state index contributed by atoms with van der Waals surface area (Å²) in [4.78, 5) is 62.9. The van der Waals surface area contributed by atoms with Gasteiger partial charge in [0.2, 0.25) is 33.6 Å². The van der Waals surface area contributed by atoms with Crippen molar-refractivity contribution in [1.82, 2.24) is 25.2 Å². The maximum absolute atomic E-state index is 14.9. The van der Waals surface area contributed by atoms with Crippen LogP contribution in [0.5, 0.6) is 17.5 Å². The second-order valence-electron chi connectivity index (χ2n) is 18.4. The van der Waals surface area contributed by atoms with Crippen LogP contribution in [0.1, 0.15) is 100 Å². The summed E-state index contributed by atoms with van der Waals surface area (Å²) >= 11 is 0. The highest BCUT2D eigenvalue weighted by Gasteiger charge is 2.63. The number of methoxy groups -OCH3 is 1. The van der Waals surface area contributed by atoms with E-state index in [2.05, 4.69) is 20.3 Å². The maximum atomic E-state index is 14.9. The summed E-state index contributed by atoms with van der Waals surface area (Å²) < 4.78 is 79.7. The maximum Gasteiger partial charge on any atom is 0.408 e. The third-order valence-corrected chi connectivity index (χ3v) is 14.7. The zero-order chi connectivity index (χ0) is 44.9. The van der Waals surface area contributed by atoms with E-state index in [1.165, 1.54) is 12.0 Å². The Balaban J connectivity index is 1.38. The van der Waals surface area contributed by atoms with Crippen LogP contribution < -0.4 is 29.6 Å². The summed E-state index contributed by atoms with van der Waals surface area (Å²) in [7, 11) is -2.53. The molecular formula is C43H59F2N5O10S. The molecule has 2 aliphatic carbocycles. The second-order valence-corrected chi connectivity index (χ2v) is 20.6. The van der Waals surface area contributed by atoms with Crippen molar-refractivity contribution in [2.75, 3.05) is 13.7 Å². The summed E-state index contributed by atoms with van der Waals surface area (Å²) in [5.74, 6) is -5.85. The average molecular weight is 876 g/mol. The number of pyridine rings is 1. The summed E-state index contributed by atoms with van der Waals surface area (Å²) in [5, 5.41) is 6.67. The number of rotatable bonds is 11. The van der Waals surface area contributed by atoms with Crippen LogP contribution in [0.15, 0.2) is 36.4 Å². The number of hydrogen-bond acceptors (Lipinski definition) is 11. The third kappa shape index (κ3) is 9.83. The van der Waals surface area contributed by atoms with E-state index in [0.717, 1.165) is 13.8 Å². The van der Waals surface area contributed by atoms with Gasteiger partial charge < -0.3 is 34.5 Å². The Morgan fingerprint density at radius 2 is 1.79 bits per heavy atom. The SMILES string of the molecule is COc1ccc2c(O[C@@H]3C[C@H]4C(=O)N[C@]5(C(=O)NS(=O)(=O)C6(C)CC6)CC5/C=C\CC[C@@H](C)C[C@@H](C)[C@H](NC(=O)OC(C)(C)C(C)(F)F)C(=O)N4C3)nc(OC(C)C)cc2c1. The smallest absolute Gasteiger partial charge is 0.408 e. The Morgan fingerprint density at radius 1 is 1.08 bits per heavy atom. The minimum atomic E-state index is -4.07. The van der Waals surface area contributed by atoms with Gasteiger partial charge in [-0.1, -0.05) is 26.0 Å². The van der Waals surface area contributed by atoms with E-state index in [0.29, 0.717) is 55.5 Å². The highest BCUT2D eigenvalue weighted by atomic mass is 32.2. The number of fused-ring (bicyclic) bond motifs is 3.